The van der Waals surface area contributed by atoms with Gasteiger partial charge in [-0.1, -0.05) is 13.8 Å². The number of thiophene rings is 1. The lowest BCUT2D eigenvalue weighted by Crippen LogP contribution is -2.30. The number of nitrogens with one attached hydrogen (secondary N) is 2. The maximum atomic E-state index is 11.0. The summed E-state index contributed by atoms with van der Waals surface area (Å²) in [6, 6.07) is 2.43. The largest absolute Gasteiger partial charge is 0.325 e. The molecule has 0 fully saturated rings. The second-order valence-corrected chi connectivity index (χ2v) is 5.35. The smallest absolute Gasteiger partial charge is 0.221 e. The van der Waals surface area contributed by atoms with E-state index >= 15 is 0 Å². The van der Waals surface area contributed by atoms with Crippen LogP contribution in [0.25, 0.3) is 0 Å². The summed E-state index contributed by atoms with van der Waals surface area (Å²) >= 11 is 1.67. The Kier molecular flexibility index (Phi) is 4.96. The molecular weight excluding hydrogens is 220 g/mol. The molecule has 0 aliphatic rings. The first kappa shape index (κ1) is 13.2. The fourth-order valence-corrected chi connectivity index (χ4v) is 2.05. The molecule has 4 heteroatoms. The Bertz CT molecular complexity index is 347. The van der Waals surface area contributed by atoms with E-state index in [1.165, 1.54) is 11.8 Å². The van der Waals surface area contributed by atoms with E-state index in [9.17, 15) is 4.79 Å². The number of carbonyl (C=O) groups excluding carboxylic acids is 1. The molecule has 0 aromatic carbocycles. The van der Waals surface area contributed by atoms with Gasteiger partial charge in [-0.05, 0) is 24.3 Å². The van der Waals surface area contributed by atoms with Gasteiger partial charge >= 0.3 is 0 Å². The molecule has 90 valence electrons. The second kappa shape index (κ2) is 6.01. The fraction of sp³-hybridized carbons (Fsp3) is 0.583. The molecular formula is C12H20N2OS. The lowest BCUT2D eigenvalue weighted by Gasteiger charge is -2.17. The summed E-state index contributed by atoms with van der Waals surface area (Å²) in [6.45, 7) is 8.91. The van der Waals surface area contributed by atoms with Crippen LogP contribution in [0.1, 0.15) is 32.6 Å². The Morgan fingerprint density at radius 1 is 1.44 bits per heavy atom. The minimum absolute atomic E-state index is 0.0171. The van der Waals surface area contributed by atoms with Gasteiger partial charge in [0.1, 0.15) is 0 Å². The van der Waals surface area contributed by atoms with Crippen molar-refractivity contribution in [2.45, 2.75) is 40.3 Å². The predicted molar refractivity (Wildman–Crippen MR) is 69.8 cm³/mol. The van der Waals surface area contributed by atoms with Gasteiger partial charge in [-0.3, -0.25) is 4.79 Å². The molecule has 0 saturated heterocycles. The van der Waals surface area contributed by atoms with Gasteiger partial charge in [0.15, 0.2) is 0 Å². The highest BCUT2D eigenvalue weighted by molar-refractivity contribution is 7.10. The van der Waals surface area contributed by atoms with E-state index in [1.807, 2.05) is 11.4 Å². The molecule has 0 spiro atoms. The molecule has 1 aromatic heterocycles. The van der Waals surface area contributed by atoms with E-state index in [-0.39, 0.29) is 5.91 Å². The maximum Gasteiger partial charge on any atom is 0.221 e. The van der Waals surface area contributed by atoms with Crippen LogP contribution in [-0.2, 0) is 11.3 Å². The number of carbonyl (C=O) groups is 1. The van der Waals surface area contributed by atoms with E-state index in [0.29, 0.717) is 12.0 Å². The number of rotatable bonds is 5. The van der Waals surface area contributed by atoms with Crippen LogP contribution in [-0.4, -0.2) is 11.9 Å². The predicted octanol–water partition coefficient (Wildman–Crippen LogP) is 2.84. The minimum Gasteiger partial charge on any atom is -0.325 e. The standard InChI is InChI=1S/C12H20N2OS/c1-8(2)9(3)13-7-12-11(5-6-16-12)14-10(4)15/h5-6,8-9,13H,7H2,1-4H3,(H,14,15). The van der Waals surface area contributed by atoms with Crippen molar-refractivity contribution in [2.75, 3.05) is 5.32 Å². The van der Waals surface area contributed by atoms with Crippen LogP contribution in [0.2, 0.25) is 0 Å². The average molecular weight is 240 g/mol. The van der Waals surface area contributed by atoms with Crippen LogP contribution in [0.3, 0.4) is 0 Å². The highest BCUT2D eigenvalue weighted by Gasteiger charge is 2.09. The molecule has 0 aliphatic carbocycles. The summed E-state index contributed by atoms with van der Waals surface area (Å²) in [5.74, 6) is 0.598. The molecule has 3 nitrogen and oxygen atoms in total. The van der Waals surface area contributed by atoms with Crippen molar-refractivity contribution >= 4 is 22.9 Å². The van der Waals surface area contributed by atoms with Crippen molar-refractivity contribution in [3.05, 3.63) is 16.3 Å². The molecule has 1 atom stereocenters. The summed E-state index contributed by atoms with van der Waals surface area (Å²) in [7, 11) is 0. The first-order chi connectivity index (χ1) is 7.50. The zero-order valence-corrected chi connectivity index (χ0v) is 11.1. The zero-order chi connectivity index (χ0) is 12.1. The third kappa shape index (κ3) is 3.94. The Morgan fingerprint density at radius 3 is 2.69 bits per heavy atom. The lowest BCUT2D eigenvalue weighted by atomic mass is 10.1. The molecule has 1 heterocycles. The first-order valence-corrected chi connectivity index (χ1v) is 6.46. The third-order valence-electron chi connectivity index (χ3n) is 2.64. The molecule has 0 bridgehead atoms. The molecule has 1 rings (SSSR count). The SMILES string of the molecule is CC(=O)Nc1ccsc1CNC(C)C(C)C. The van der Waals surface area contributed by atoms with Crippen LogP contribution in [0.4, 0.5) is 5.69 Å². The Morgan fingerprint density at radius 2 is 2.12 bits per heavy atom. The Balaban J connectivity index is 2.53. The normalized spacial score (nSPS) is 12.8. The molecule has 2 N–H and O–H groups in total. The van der Waals surface area contributed by atoms with Crippen LogP contribution >= 0.6 is 11.3 Å². The Labute approximate surface area is 101 Å². The van der Waals surface area contributed by atoms with Crippen molar-refractivity contribution in [3.8, 4) is 0 Å². The van der Waals surface area contributed by atoms with Gasteiger partial charge in [0, 0.05) is 24.4 Å². The van der Waals surface area contributed by atoms with E-state index in [4.69, 9.17) is 0 Å². The summed E-state index contributed by atoms with van der Waals surface area (Å²) in [5.41, 5.74) is 0.931. The van der Waals surface area contributed by atoms with Crippen molar-refractivity contribution in [2.24, 2.45) is 5.92 Å². The van der Waals surface area contributed by atoms with Crippen molar-refractivity contribution in [1.29, 1.82) is 0 Å². The van der Waals surface area contributed by atoms with E-state index in [0.717, 1.165) is 12.2 Å². The van der Waals surface area contributed by atoms with Crippen LogP contribution in [0.15, 0.2) is 11.4 Å². The third-order valence-corrected chi connectivity index (χ3v) is 3.56. The topological polar surface area (TPSA) is 41.1 Å². The van der Waals surface area contributed by atoms with E-state index in [2.05, 4.69) is 31.4 Å². The molecule has 0 aliphatic heterocycles. The minimum atomic E-state index is -0.0171. The van der Waals surface area contributed by atoms with Crippen molar-refractivity contribution in [3.63, 3.8) is 0 Å². The quantitative estimate of drug-likeness (QED) is 0.831. The maximum absolute atomic E-state index is 11.0. The number of amides is 1. The van der Waals surface area contributed by atoms with Crippen LogP contribution in [0.5, 0.6) is 0 Å². The Hall–Kier alpha value is -0.870. The van der Waals surface area contributed by atoms with Crippen LogP contribution in [0, 0.1) is 5.92 Å². The highest BCUT2D eigenvalue weighted by Crippen LogP contribution is 2.22. The van der Waals surface area contributed by atoms with Crippen molar-refractivity contribution in [1.82, 2.24) is 5.32 Å². The molecule has 1 unspecified atom stereocenters. The highest BCUT2D eigenvalue weighted by atomic mass is 32.1. The molecule has 1 aromatic rings. The van der Waals surface area contributed by atoms with Crippen molar-refractivity contribution < 1.29 is 4.79 Å². The molecule has 0 radical (unpaired) electrons. The second-order valence-electron chi connectivity index (χ2n) is 4.35. The summed E-state index contributed by atoms with van der Waals surface area (Å²) < 4.78 is 0. The average Bonchev–Trinajstić information content (AvgIpc) is 2.60. The lowest BCUT2D eigenvalue weighted by molar-refractivity contribution is -0.114. The number of hydrogen-bond donors (Lipinski definition) is 2. The number of anilines is 1. The van der Waals surface area contributed by atoms with Gasteiger partial charge in [-0.25, -0.2) is 0 Å². The molecule has 1 amide bonds. The van der Waals surface area contributed by atoms with Gasteiger partial charge in [0.2, 0.25) is 5.91 Å². The van der Waals surface area contributed by atoms with Crippen LogP contribution < -0.4 is 10.6 Å². The van der Waals surface area contributed by atoms with Gasteiger partial charge < -0.3 is 10.6 Å². The molecule has 0 saturated carbocycles. The van der Waals surface area contributed by atoms with E-state index < -0.39 is 0 Å². The fourth-order valence-electron chi connectivity index (χ4n) is 1.27. The summed E-state index contributed by atoms with van der Waals surface area (Å²) in [4.78, 5) is 12.2. The van der Waals surface area contributed by atoms with Gasteiger partial charge in [-0.15, -0.1) is 11.3 Å². The summed E-state index contributed by atoms with van der Waals surface area (Å²) in [6.07, 6.45) is 0. The first-order valence-electron chi connectivity index (χ1n) is 5.58. The molecule has 16 heavy (non-hydrogen) atoms. The summed E-state index contributed by atoms with van der Waals surface area (Å²) in [5, 5.41) is 8.30. The zero-order valence-electron chi connectivity index (χ0n) is 10.3. The number of hydrogen-bond acceptors (Lipinski definition) is 3. The van der Waals surface area contributed by atoms with Gasteiger partial charge in [-0.2, -0.15) is 0 Å². The van der Waals surface area contributed by atoms with Gasteiger partial charge in [0.25, 0.3) is 0 Å². The van der Waals surface area contributed by atoms with Gasteiger partial charge in [0.05, 0.1) is 5.69 Å². The monoisotopic (exact) mass is 240 g/mol. The van der Waals surface area contributed by atoms with E-state index in [1.54, 1.807) is 11.3 Å².